The highest BCUT2D eigenvalue weighted by Crippen LogP contribution is 2.30. The molecule has 5 heteroatoms. The predicted molar refractivity (Wildman–Crippen MR) is 170 cm³/mol. The quantitative estimate of drug-likeness (QED) is 0.197. The van der Waals surface area contributed by atoms with Gasteiger partial charge in [-0.3, -0.25) is 4.79 Å². The van der Waals surface area contributed by atoms with Crippen molar-refractivity contribution in [1.82, 2.24) is 0 Å². The van der Waals surface area contributed by atoms with Gasteiger partial charge in [-0.1, -0.05) is 72.8 Å². The summed E-state index contributed by atoms with van der Waals surface area (Å²) in [5.74, 6) is -0.314. The molecule has 0 saturated heterocycles. The van der Waals surface area contributed by atoms with Gasteiger partial charge >= 0.3 is 0 Å². The Morgan fingerprint density at radius 3 is 0.976 bits per heavy atom. The molecular formula is C37H24O5. The molecule has 12 rings (SSSR count). The van der Waals surface area contributed by atoms with Gasteiger partial charge in [0.25, 0.3) is 0 Å². The Bertz CT molecular complexity index is 2170. The van der Waals surface area contributed by atoms with Crippen molar-refractivity contribution in [3.05, 3.63) is 144 Å². The first-order valence-corrected chi connectivity index (χ1v) is 13.5. The highest BCUT2D eigenvalue weighted by Gasteiger charge is 2.08. The zero-order valence-electron chi connectivity index (χ0n) is 22.3. The van der Waals surface area contributed by atoms with Crippen LogP contribution in [0.1, 0.15) is 0 Å². The lowest BCUT2D eigenvalue weighted by molar-refractivity contribution is 0.486. The van der Waals surface area contributed by atoms with Crippen molar-refractivity contribution in [1.29, 1.82) is 0 Å². The molecule has 42 heavy (non-hydrogen) atoms. The van der Waals surface area contributed by atoms with Crippen molar-refractivity contribution in [2.45, 2.75) is 0 Å². The van der Waals surface area contributed by atoms with Crippen LogP contribution in [-0.2, 0) is 0 Å². The molecule has 0 radical (unpaired) electrons. The number of phenolic OH excluding ortho intramolecular Hbond substituents is 2. The summed E-state index contributed by atoms with van der Waals surface area (Å²) in [5, 5.41) is 27.1. The second-order valence-corrected chi connectivity index (χ2v) is 10.0. The van der Waals surface area contributed by atoms with E-state index in [9.17, 15) is 15.0 Å². The molecule has 0 aliphatic heterocycles. The topological polar surface area (TPSA) is 83.8 Å². The van der Waals surface area contributed by atoms with Gasteiger partial charge in [-0.15, -0.1) is 0 Å². The van der Waals surface area contributed by atoms with Crippen LogP contribution in [-0.4, -0.2) is 10.2 Å². The molecule has 12 aromatic rings. The summed E-state index contributed by atoms with van der Waals surface area (Å²) in [4.78, 5) is 13.6. The normalized spacial score (nSPS) is 11.1. The van der Waals surface area contributed by atoms with Gasteiger partial charge in [-0.25, -0.2) is 0 Å². The van der Waals surface area contributed by atoms with Crippen molar-refractivity contribution < 1.29 is 19.0 Å². The van der Waals surface area contributed by atoms with E-state index in [4.69, 9.17) is 8.83 Å². The number of rotatable bonds is 0. The number of fused-ring (bicyclic) bond motifs is 2. The van der Waals surface area contributed by atoms with Gasteiger partial charge in [0, 0.05) is 10.8 Å². The van der Waals surface area contributed by atoms with E-state index in [-0.39, 0.29) is 22.3 Å². The summed E-state index contributed by atoms with van der Waals surface area (Å²) in [6.07, 6.45) is 0. The number of aromatic hydroxyl groups is 2. The molecule has 6 aromatic heterocycles. The lowest BCUT2D eigenvalue weighted by atomic mass is 10.1. The molecule has 0 spiro atoms. The number of phenols is 2. The van der Waals surface area contributed by atoms with Gasteiger partial charge in [-0.2, -0.15) is 0 Å². The van der Waals surface area contributed by atoms with Crippen LogP contribution in [0.2, 0.25) is 0 Å². The fraction of sp³-hybridized carbons (Fsp3) is 0. The standard InChI is InChI=1S/C37H24O5/c38-35-31-3-1-5-33(35)37(40)34-6-2-4-32(36(34)39)26-13-21-30(22-14-26)42-28-17-9-24(10-18-28)23-7-15-27(16-8-23)41-29-19-11-25(31)12-20-29/h1-22,38-39H. The van der Waals surface area contributed by atoms with E-state index in [1.165, 1.54) is 0 Å². The van der Waals surface area contributed by atoms with E-state index >= 15 is 0 Å². The van der Waals surface area contributed by atoms with E-state index in [0.717, 1.165) is 21.5 Å². The molecule has 2 N–H and O–H groups in total. The maximum Gasteiger partial charge on any atom is 0.200 e. The Labute approximate surface area is 239 Å². The van der Waals surface area contributed by atoms with E-state index in [1.54, 1.807) is 36.4 Å². The maximum absolute atomic E-state index is 13.6. The third-order valence-electron chi connectivity index (χ3n) is 7.41. The van der Waals surface area contributed by atoms with Gasteiger partial charge in [-0.05, 0) is 82.2 Å². The molecule has 0 amide bonds. The zero-order chi connectivity index (χ0) is 28.6. The lowest BCUT2D eigenvalue weighted by Crippen LogP contribution is -1.99. The summed E-state index contributed by atoms with van der Waals surface area (Å²) in [7, 11) is 0. The van der Waals surface area contributed by atoms with Crippen molar-refractivity contribution in [3.63, 3.8) is 0 Å². The molecule has 6 aromatic carbocycles. The number of para-hydroxylation sites is 2. The minimum absolute atomic E-state index is 0.0977. The Balaban J connectivity index is 1.57. The van der Waals surface area contributed by atoms with Gasteiger partial charge in [0.05, 0.1) is 10.8 Å². The van der Waals surface area contributed by atoms with E-state index < -0.39 is 5.43 Å². The predicted octanol–water partition coefficient (Wildman–Crippen LogP) is 9.37. The van der Waals surface area contributed by atoms with Crippen LogP contribution in [0.25, 0.3) is 65.4 Å². The number of hydrogen-bond acceptors (Lipinski definition) is 5. The van der Waals surface area contributed by atoms with Crippen molar-refractivity contribution >= 4 is 65.4 Å². The smallest absolute Gasteiger partial charge is 0.200 e. The summed E-state index contributed by atoms with van der Waals surface area (Å²) >= 11 is 0. The molecule has 202 valence electrons. The van der Waals surface area contributed by atoms with Crippen LogP contribution in [0, 0.1) is 0 Å². The summed E-state index contributed by atoms with van der Waals surface area (Å²) in [6, 6.07) is 40.3. The molecule has 6 heterocycles. The van der Waals surface area contributed by atoms with Gasteiger partial charge in [0.15, 0.2) is 0 Å². The van der Waals surface area contributed by atoms with Crippen molar-refractivity contribution in [3.8, 4) is 11.5 Å². The Kier molecular flexibility index (Phi) is 6.18. The third kappa shape index (κ3) is 4.63. The molecule has 12 bridgehead atoms. The van der Waals surface area contributed by atoms with Crippen molar-refractivity contribution in [2.24, 2.45) is 0 Å². The van der Waals surface area contributed by atoms with E-state index in [0.29, 0.717) is 33.1 Å². The van der Waals surface area contributed by atoms with E-state index in [2.05, 4.69) is 0 Å². The summed E-state index contributed by atoms with van der Waals surface area (Å²) in [6.45, 7) is 0. The zero-order valence-corrected chi connectivity index (χ0v) is 22.3. The van der Waals surface area contributed by atoms with Crippen LogP contribution in [0.4, 0.5) is 0 Å². The molecule has 0 fully saturated rings. The first-order chi connectivity index (χ1) is 20.5. The molecule has 0 atom stereocenters. The van der Waals surface area contributed by atoms with E-state index in [1.807, 2.05) is 97.1 Å². The van der Waals surface area contributed by atoms with Crippen LogP contribution < -0.4 is 5.43 Å². The largest absolute Gasteiger partial charge is 0.507 e. The van der Waals surface area contributed by atoms with Crippen LogP contribution in [0.3, 0.4) is 0 Å². The Morgan fingerprint density at radius 1 is 0.357 bits per heavy atom. The monoisotopic (exact) mass is 548 g/mol. The Morgan fingerprint density at radius 2 is 0.643 bits per heavy atom. The average Bonchev–Trinajstić information content (AvgIpc) is 3.02. The summed E-state index contributed by atoms with van der Waals surface area (Å²) in [5.41, 5.74) is 2.18. The molecule has 0 unspecified atom stereocenters. The highest BCUT2D eigenvalue weighted by atomic mass is 16.3. The molecule has 5 nitrogen and oxygen atoms in total. The maximum atomic E-state index is 13.6. The number of benzene rings is 6. The second-order valence-electron chi connectivity index (χ2n) is 10.0. The summed E-state index contributed by atoms with van der Waals surface area (Å²) < 4.78 is 12.1. The van der Waals surface area contributed by atoms with Gasteiger partial charge < -0.3 is 19.0 Å². The SMILES string of the molecule is O=c1c2cccc(c2O)c2ccc(cc2)oc2ccc(cc2)c2ccc(cc2)oc2ccc(cc2)c2cccc1c2O. The lowest BCUT2D eigenvalue weighted by Gasteiger charge is -2.02. The Hall–Kier alpha value is -5.81. The van der Waals surface area contributed by atoms with Gasteiger partial charge in [0.2, 0.25) is 5.43 Å². The first kappa shape index (κ1) is 25.2. The third-order valence-corrected chi connectivity index (χ3v) is 7.41. The fourth-order valence-corrected chi connectivity index (χ4v) is 5.17. The fourth-order valence-electron chi connectivity index (χ4n) is 5.17. The average molecular weight is 549 g/mol. The van der Waals surface area contributed by atoms with Crippen LogP contribution in [0.15, 0.2) is 147 Å². The van der Waals surface area contributed by atoms with Gasteiger partial charge in [0.1, 0.15) is 33.8 Å². The van der Waals surface area contributed by atoms with Crippen LogP contribution in [0.5, 0.6) is 11.5 Å². The second kappa shape index (κ2) is 10.3. The molecule has 0 aliphatic rings. The minimum atomic E-state index is -0.481. The number of hydrogen-bond donors (Lipinski definition) is 2. The minimum Gasteiger partial charge on any atom is -0.507 e. The van der Waals surface area contributed by atoms with Crippen molar-refractivity contribution in [2.75, 3.05) is 0 Å². The molecular weight excluding hydrogens is 524 g/mol. The molecule has 0 aliphatic carbocycles. The highest BCUT2D eigenvalue weighted by molar-refractivity contribution is 5.97. The van der Waals surface area contributed by atoms with Crippen LogP contribution >= 0.6 is 0 Å². The first-order valence-electron chi connectivity index (χ1n) is 13.5. The molecule has 0 saturated carbocycles.